The first-order chi connectivity index (χ1) is 9.56. The summed E-state index contributed by atoms with van der Waals surface area (Å²) in [5.41, 5.74) is 0. The number of rotatable bonds is 13. The molecule has 3 N–H and O–H groups in total. The molecule has 0 spiro atoms. The number of hydrogen-bond acceptors (Lipinski definition) is 4. The molecule has 0 heterocycles. The van der Waals surface area contributed by atoms with Gasteiger partial charge in [0.25, 0.3) is 0 Å². The van der Waals surface area contributed by atoms with Gasteiger partial charge in [0.05, 0.1) is 12.7 Å². The molecule has 5 nitrogen and oxygen atoms in total. The molecular formula is C15H32N2O3. The average Bonchev–Trinajstić information content (AvgIpc) is 2.40. The Kier molecular flexibility index (Phi) is 12.9. The van der Waals surface area contributed by atoms with Crippen LogP contribution in [0.15, 0.2) is 0 Å². The number of carbonyl (C=O) groups is 1. The molecule has 0 saturated carbocycles. The number of ether oxygens (including phenoxy) is 1. The summed E-state index contributed by atoms with van der Waals surface area (Å²) in [6.45, 7) is 9.24. The van der Waals surface area contributed by atoms with Crippen LogP contribution in [0.3, 0.4) is 0 Å². The number of hydrogen-bond donors (Lipinski definition) is 3. The largest absolute Gasteiger partial charge is 0.389 e. The maximum absolute atomic E-state index is 11.3. The Bertz CT molecular complexity index is 235. The van der Waals surface area contributed by atoms with E-state index in [1.807, 2.05) is 6.92 Å². The van der Waals surface area contributed by atoms with Gasteiger partial charge in [-0.3, -0.25) is 4.79 Å². The fraction of sp³-hybridized carbons (Fsp3) is 0.933. The van der Waals surface area contributed by atoms with Gasteiger partial charge in [0.2, 0.25) is 5.91 Å². The van der Waals surface area contributed by atoms with Crippen LogP contribution in [0.2, 0.25) is 0 Å². The molecule has 0 rings (SSSR count). The van der Waals surface area contributed by atoms with Crippen molar-refractivity contribution >= 4 is 5.91 Å². The first kappa shape index (κ1) is 19.4. The third-order valence-corrected chi connectivity index (χ3v) is 2.86. The minimum absolute atomic E-state index is 0.0544. The van der Waals surface area contributed by atoms with Crippen LogP contribution in [0.1, 0.15) is 46.5 Å². The Hall–Kier alpha value is -0.650. The van der Waals surface area contributed by atoms with Gasteiger partial charge in [-0.25, -0.2) is 0 Å². The van der Waals surface area contributed by atoms with Crippen molar-refractivity contribution < 1.29 is 14.6 Å². The van der Waals surface area contributed by atoms with Crippen molar-refractivity contribution in [1.82, 2.24) is 10.6 Å². The summed E-state index contributed by atoms with van der Waals surface area (Å²) in [5.74, 6) is 0.753. The van der Waals surface area contributed by atoms with Gasteiger partial charge in [-0.2, -0.15) is 0 Å². The van der Waals surface area contributed by atoms with Gasteiger partial charge in [0.15, 0.2) is 0 Å². The maximum Gasteiger partial charge on any atom is 0.221 e. The molecule has 0 aliphatic carbocycles. The molecule has 0 aromatic rings. The molecular weight excluding hydrogens is 256 g/mol. The molecule has 1 atom stereocenters. The molecule has 5 heteroatoms. The Labute approximate surface area is 123 Å². The fourth-order valence-electron chi connectivity index (χ4n) is 1.70. The minimum Gasteiger partial charge on any atom is -0.389 e. The number of carbonyl (C=O) groups excluding carboxylic acids is 1. The minimum atomic E-state index is -0.507. The monoisotopic (exact) mass is 288 g/mol. The Morgan fingerprint density at radius 1 is 1.30 bits per heavy atom. The number of amides is 1. The third-order valence-electron chi connectivity index (χ3n) is 2.86. The zero-order chi connectivity index (χ0) is 15.2. The highest BCUT2D eigenvalue weighted by molar-refractivity contribution is 5.75. The second kappa shape index (κ2) is 13.3. The number of nitrogens with one attached hydrogen (secondary N) is 2. The van der Waals surface area contributed by atoms with Crippen LogP contribution >= 0.6 is 0 Å². The topological polar surface area (TPSA) is 70.6 Å². The van der Waals surface area contributed by atoms with Crippen molar-refractivity contribution in [3.8, 4) is 0 Å². The summed E-state index contributed by atoms with van der Waals surface area (Å²) < 4.78 is 5.41. The standard InChI is InChI=1S/C15H32N2O3/c1-4-8-17-15(19)7-9-16-11-14(18)12-20-10-5-6-13(2)3/h13-14,16,18H,4-12H2,1-3H3,(H,17,19). The molecule has 0 aromatic heterocycles. The van der Waals surface area contributed by atoms with Crippen molar-refractivity contribution in [2.24, 2.45) is 5.92 Å². The number of aliphatic hydroxyl groups excluding tert-OH is 1. The normalized spacial score (nSPS) is 12.7. The van der Waals surface area contributed by atoms with Gasteiger partial charge in [-0.15, -0.1) is 0 Å². The second-order valence-electron chi connectivity index (χ2n) is 5.57. The summed E-state index contributed by atoms with van der Waals surface area (Å²) in [4.78, 5) is 11.3. The van der Waals surface area contributed by atoms with Crippen molar-refractivity contribution in [2.75, 3.05) is 32.8 Å². The van der Waals surface area contributed by atoms with Gasteiger partial charge < -0.3 is 20.5 Å². The van der Waals surface area contributed by atoms with Gasteiger partial charge in [0, 0.05) is 32.7 Å². The van der Waals surface area contributed by atoms with Crippen LogP contribution in [-0.4, -0.2) is 50.0 Å². The van der Waals surface area contributed by atoms with Crippen LogP contribution in [0.5, 0.6) is 0 Å². The van der Waals surface area contributed by atoms with Crippen LogP contribution in [-0.2, 0) is 9.53 Å². The summed E-state index contributed by atoms with van der Waals surface area (Å²) in [7, 11) is 0. The highest BCUT2D eigenvalue weighted by atomic mass is 16.5. The molecule has 20 heavy (non-hydrogen) atoms. The average molecular weight is 288 g/mol. The first-order valence-electron chi connectivity index (χ1n) is 7.79. The fourth-order valence-corrected chi connectivity index (χ4v) is 1.70. The zero-order valence-electron chi connectivity index (χ0n) is 13.3. The smallest absolute Gasteiger partial charge is 0.221 e. The maximum atomic E-state index is 11.3. The lowest BCUT2D eigenvalue weighted by atomic mass is 10.1. The first-order valence-corrected chi connectivity index (χ1v) is 7.79. The molecule has 1 unspecified atom stereocenters. The van der Waals surface area contributed by atoms with E-state index in [1.165, 1.54) is 0 Å². The second-order valence-corrected chi connectivity index (χ2v) is 5.57. The van der Waals surface area contributed by atoms with E-state index in [-0.39, 0.29) is 5.91 Å². The van der Waals surface area contributed by atoms with Gasteiger partial charge in [-0.1, -0.05) is 20.8 Å². The quantitative estimate of drug-likeness (QED) is 0.447. The van der Waals surface area contributed by atoms with E-state index in [4.69, 9.17) is 4.74 Å². The summed E-state index contributed by atoms with van der Waals surface area (Å²) >= 11 is 0. The zero-order valence-corrected chi connectivity index (χ0v) is 13.3. The molecule has 0 saturated heterocycles. The summed E-state index contributed by atoms with van der Waals surface area (Å²) in [6, 6.07) is 0. The van der Waals surface area contributed by atoms with E-state index in [1.54, 1.807) is 0 Å². The molecule has 0 bridgehead atoms. The van der Waals surface area contributed by atoms with E-state index in [0.29, 0.717) is 38.6 Å². The highest BCUT2D eigenvalue weighted by Gasteiger charge is 2.05. The molecule has 0 aliphatic rings. The van der Waals surface area contributed by atoms with Crippen LogP contribution < -0.4 is 10.6 Å². The van der Waals surface area contributed by atoms with Crippen molar-refractivity contribution in [2.45, 2.75) is 52.6 Å². The molecule has 0 aromatic carbocycles. The van der Waals surface area contributed by atoms with E-state index < -0.39 is 6.10 Å². The molecule has 0 fully saturated rings. The van der Waals surface area contributed by atoms with Crippen molar-refractivity contribution in [3.05, 3.63) is 0 Å². The van der Waals surface area contributed by atoms with Crippen LogP contribution in [0.25, 0.3) is 0 Å². The molecule has 0 radical (unpaired) electrons. The van der Waals surface area contributed by atoms with E-state index >= 15 is 0 Å². The lowest BCUT2D eigenvalue weighted by Gasteiger charge is -2.12. The molecule has 120 valence electrons. The van der Waals surface area contributed by atoms with E-state index in [9.17, 15) is 9.90 Å². The number of aliphatic hydroxyl groups is 1. The SMILES string of the molecule is CCCNC(=O)CCNCC(O)COCCCC(C)C. The van der Waals surface area contributed by atoms with Gasteiger partial charge >= 0.3 is 0 Å². The molecule has 0 aliphatic heterocycles. The lowest BCUT2D eigenvalue weighted by Crippen LogP contribution is -2.33. The van der Waals surface area contributed by atoms with E-state index in [0.717, 1.165) is 25.8 Å². The third kappa shape index (κ3) is 13.8. The highest BCUT2D eigenvalue weighted by Crippen LogP contribution is 2.03. The van der Waals surface area contributed by atoms with Gasteiger partial charge in [0.1, 0.15) is 0 Å². The van der Waals surface area contributed by atoms with Crippen LogP contribution in [0, 0.1) is 5.92 Å². The van der Waals surface area contributed by atoms with E-state index in [2.05, 4.69) is 24.5 Å². The molecule has 1 amide bonds. The Morgan fingerprint density at radius 3 is 2.70 bits per heavy atom. The van der Waals surface area contributed by atoms with Crippen LogP contribution in [0.4, 0.5) is 0 Å². The van der Waals surface area contributed by atoms with Crippen molar-refractivity contribution in [3.63, 3.8) is 0 Å². The summed E-state index contributed by atoms with van der Waals surface area (Å²) in [6.07, 6.45) is 3.08. The lowest BCUT2D eigenvalue weighted by molar-refractivity contribution is -0.121. The predicted octanol–water partition coefficient (Wildman–Crippen LogP) is 1.31. The summed E-state index contributed by atoms with van der Waals surface area (Å²) in [5, 5.41) is 15.5. The Balaban J connectivity index is 3.32. The van der Waals surface area contributed by atoms with Gasteiger partial charge in [-0.05, 0) is 25.2 Å². The predicted molar refractivity (Wildman–Crippen MR) is 81.7 cm³/mol. The Morgan fingerprint density at radius 2 is 2.05 bits per heavy atom. The van der Waals surface area contributed by atoms with Crippen molar-refractivity contribution in [1.29, 1.82) is 0 Å².